The second-order valence-corrected chi connectivity index (χ2v) is 5.63. The fraction of sp³-hybridized carbons (Fsp3) is 0.154. The monoisotopic (exact) mass is 324 g/mol. The Morgan fingerprint density at radius 1 is 1.18 bits per heavy atom. The van der Waals surface area contributed by atoms with Crippen molar-refractivity contribution in [2.24, 2.45) is 0 Å². The summed E-state index contributed by atoms with van der Waals surface area (Å²) in [4.78, 5) is 0.0715. The van der Waals surface area contributed by atoms with E-state index in [0.29, 0.717) is 20.9 Å². The first-order valence-corrected chi connectivity index (χ1v) is 7.05. The van der Waals surface area contributed by atoms with E-state index in [1.807, 2.05) is 25.1 Å². The third kappa shape index (κ3) is 1.82. The van der Waals surface area contributed by atoms with Crippen molar-refractivity contribution in [3.63, 3.8) is 0 Å². The highest BCUT2D eigenvalue weighted by atomic mass is 32.1. The van der Waals surface area contributed by atoms with Gasteiger partial charge in [-0.1, -0.05) is 29.5 Å². The van der Waals surface area contributed by atoms with Gasteiger partial charge in [0, 0.05) is 10.9 Å². The molecule has 0 aliphatic carbocycles. The number of aromatic nitrogens is 4. The molecule has 3 heterocycles. The van der Waals surface area contributed by atoms with E-state index in [2.05, 4.69) is 15.3 Å². The fourth-order valence-electron chi connectivity index (χ4n) is 2.26. The maximum Gasteiger partial charge on any atom is 0.453 e. The van der Waals surface area contributed by atoms with Gasteiger partial charge in [-0.05, 0) is 13.0 Å². The van der Waals surface area contributed by atoms with Crippen LogP contribution in [0.1, 0.15) is 11.4 Å². The van der Waals surface area contributed by atoms with Crippen LogP contribution < -0.4 is 0 Å². The quantitative estimate of drug-likeness (QED) is 0.532. The molecule has 1 aromatic carbocycles. The zero-order chi connectivity index (χ0) is 15.5. The summed E-state index contributed by atoms with van der Waals surface area (Å²) in [7, 11) is 0. The van der Waals surface area contributed by atoms with Crippen LogP contribution in [0.5, 0.6) is 0 Å². The predicted molar refractivity (Wildman–Crippen MR) is 73.6 cm³/mol. The number of alkyl halides is 3. The minimum Gasteiger partial charge on any atom is -0.453 e. The molecule has 0 N–H and O–H groups in total. The molecule has 0 atom stereocenters. The van der Waals surface area contributed by atoms with E-state index in [-0.39, 0.29) is 4.96 Å². The maximum absolute atomic E-state index is 12.8. The second kappa shape index (κ2) is 4.29. The van der Waals surface area contributed by atoms with Gasteiger partial charge >= 0.3 is 6.18 Å². The molecule has 112 valence electrons. The summed E-state index contributed by atoms with van der Waals surface area (Å²) in [5.41, 5.74) is 1.49. The number of para-hydroxylation sites is 1. The highest BCUT2D eigenvalue weighted by Gasteiger charge is 2.38. The number of fused-ring (bicyclic) bond motifs is 2. The highest BCUT2D eigenvalue weighted by Crippen LogP contribution is 2.36. The second-order valence-electron chi connectivity index (χ2n) is 4.68. The molecule has 0 amide bonds. The van der Waals surface area contributed by atoms with Crippen molar-refractivity contribution in [1.82, 2.24) is 19.8 Å². The maximum atomic E-state index is 12.8. The van der Waals surface area contributed by atoms with Crippen LogP contribution >= 0.6 is 11.3 Å². The SMILES string of the molecule is Cc1c(-c2nn3c(C(F)(F)F)nnc3s2)oc2ccccc12. The van der Waals surface area contributed by atoms with Gasteiger partial charge in [-0.15, -0.1) is 15.3 Å². The molecule has 0 unspecified atom stereocenters. The van der Waals surface area contributed by atoms with Gasteiger partial charge in [0.2, 0.25) is 4.96 Å². The molecule has 0 saturated heterocycles. The molecule has 0 fully saturated rings. The zero-order valence-corrected chi connectivity index (χ0v) is 11.9. The number of aryl methyl sites for hydroxylation is 1. The van der Waals surface area contributed by atoms with Crippen molar-refractivity contribution in [2.45, 2.75) is 13.1 Å². The molecule has 4 rings (SSSR count). The molecule has 5 nitrogen and oxygen atoms in total. The summed E-state index contributed by atoms with van der Waals surface area (Å²) < 4.78 is 44.9. The lowest BCUT2D eigenvalue weighted by Gasteiger charge is -2.00. The molecule has 22 heavy (non-hydrogen) atoms. The third-order valence-corrected chi connectivity index (χ3v) is 4.18. The summed E-state index contributed by atoms with van der Waals surface area (Å²) in [6, 6.07) is 7.39. The lowest BCUT2D eigenvalue weighted by atomic mass is 10.1. The Kier molecular flexibility index (Phi) is 2.59. The summed E-state index contributed by atoms with van der Waals surface area (Å²) in [6.45, 7) is 1.84. The van der Waals surface area contributed by atoms with Crippen LogP contribution in [-0.4, -0.2) is 19.8 Å². The summed E-state index contributed by atoms with van der Waals surface area (Å²) in [5.74, 6) is -0.691. The normalized spacial score (nSPS) is 12.5. The number of furan rings is 1. The summed E-state index contributed by atoms with van der Waals surface area (Å²) >= 11 is 1.00. The van der Waals surface area contributed by atoms with E-state index in [0.717, 1.165) is 22.3 Å². The Hall–Kier alpha value is -2.42. The van der Waals surface area contributed by atoms with Crippen LogP contribution in [-0.2, 0) is 6.18 Å². The first-order chi connectivity index (χ1) is 10.4. The van der Waals surface area contributed by atoms with Crippen LogP contribution in [0.15, 0.2) is 28.7 Å². The molecular weight excluding hydrogens is 317 g/mol. The first kappa shape index (κ1) is 13.3. The molecule has 4 aromatic rings. The van der Waals surface area contributed by atoms with Gasteiger partial charge in [-0.3, -0.25) is 0 Å². The van der Waals surface area contributed by atoms with Crippen molar-refractivity contribution >= 4 is 27.3 Å². The number of hydrogen-bond acceptors (Lipinski definition) is 5. The molecule has 0 aliphatic heterocycles. The molecular formula is C13H7F3N4OS. The van der Waals surface area contributed by atoms with Crippen molar-refractivity contribution in [3.05, 3.63) is 35.7 Å². The van der Waals surface area contributed by atoms with Gasteiger partial charge in [0.15, 0.2) is 10.8 Å². The van der Waals surface area contributed by atoms with Gasteiger partial charge in [-0.25, -0.2) is 0 Å². The Balaban J connectivity index is 1.93. The Morgan fingerprint density at radius 3 is 2.68 bits per heavy atom. The van der Waals surface area contributed by atoms with E-state index in [9.17, 15) is 13.2 Å². The molecule has 0 saturated carbocycles. The number of halogens is 3. The molecule has 0 aliphatic rings. The van der Waals surface area contributed by atoms with Gasteiger partial charge in [-0.2, -0.15) is 17.7 Å². The first-order valence-electron chi connectivity index (χ1n) is 6.23. The Labute approximate surface area is 125 Å². The minimum atomic E-state index is -4.60. The Morgan fingerprint density at radius 2 is 1.95 bits per heavy atom. The predicted octanol–water partition coefficient (Wildman–Crippen LogP) is 3.93. The van der Waals surface area contributed by atoms with Crippen LogP contribution in [0.4, 0.5) is 13.2 Å². The lowest BCUT2D eigenvalue weighted by Crippen LogP contribution is -2.11. The number of benzene rings is 1. The minimum absolute atomic E-state index is 0.0715. The number of nitrogens with zero attached hydrogens (tertiary/aromatic N) is 4. The van der Waals surface area contributed by atoms with Gasteiger partial charge < -0.3 is 4.42 Å². The van der Waals surface area contributed by atoms with Crippen LogP contribution in [0.2, 0.25) is 0 Å². The van der Waals surface area contributed by atoms with E-state index >= 15 is 0 Å². The molecule has 3 aromatic heterocycles. The largest absolute Gasteiger partial charge is 0.453 e. The van der Waals surface area contributed by atoms with E-state index < -0.39 is 12.0 Å². The van der Waals surface area contributed by atoms with Crippen LogP contribution in [0, 0.1) is 6.92 Å². The van der Waals surface area contributed by atoms with E-state index in [4.69, 9.17) is 4.42 Å². The third-order valence-electron chi connectivity index (χ3n) is 3.28. The van der Waals surface area contributed by atoms with Crippen LogP contribution in [0.3, 0.4) is 0 Å². The van der Waals surface area contributed by atoms with Crippen LogP contribution in [0.25, 0.3) is 26.7 Å². The van der Waals surface area contributed by atoms with Crippen molar-refractivity contribution in [2.75, 3.05) is 0 Å². The van der Waals surface area contributed by atoms with E-state index in [1.54, 1.807) is 6.07 Å². The highest BCUT2D eigenvalue weighted by molar-refractivity contribution is 7.19. The van der Waals surface area contributed by atoms with Crippen molar-refractivity contribution < 1.29 is 17.6 Å². The zero-order valence-electron chi connectivity index (χ0n) is 11.0. The average Bonchev–Trinajstić information content (AvgIpc) is 3.10. The van der Waals surface area contributed by atoms with Crippen molar-refractivity contribution in [1.29, 1.82) is 0 Å². The molecule has 9 heteroatoms. The molecule has 0 bridgehead atoms. The standard InChI is InChI=1S/C13H7F3N4OS/c1-6-7-4-2-3-5-8(7)21-9(6)10-19-20-11(13(14,15)16)17-18-12(20)22-10/h2-5H,1H3. The number of rotatable bonds is 1. The van der Waals surface area contributed by atoms with E-state index in [1.165, 1.54) is 0 Å². The summed E-state index contributed by atoms with van der Waals surface area (Å²) in [6.07, 6.45) is -4.60. The molecule has 0 spiro atoms. The van der Waals surface area contributed by atoms with Gasteiger partial charge in [0.05, 0.1) is 0 Å². The molecule has 0 radical (unpaired) electrons. The smallest absolute Gasteiger partial charge is 0.453 e. The van der Waals surface area contributed by atoms with Crippen molar-refractivity contribution in [3.8, 4) is 10.8 Å². The summed E-state index contributed by atoms with van der Waals surface area (Å²) in [5, 5.41) is 11.9. The average molecular weight is 324 g/mol. The van der Waals surface area contributed by atoms with Gasteiger partial charge in [0.1, 0.15) is 5.58 Å². The fourth-order valence-corrected chi connectivity index (χ4v) is 3.14. The lowest BCUT2D eigenvalue weighted by molar-refractivity contribution is -0.146. The van der Waals surface area contributed by atoms with Gasteiger partial charge in [0.25, 0.3) is 5.82 Å². The topological polar surface area (TPSA) is 56.2 Å². The number of hydrogen-bond donors (Lipinski definition) is 0. The Bertz CT molecular complexity index is 998.